The highest BCUT2D eigenvalue weighted by Crippen LogP contribution is 2.28. The Kier molecular flexibility index (Phi) is 6.63. The molecule has 1 aromatic rings. The van der Waals surface area contributed by atoms with E-state index in [0.717, 1.165) is 24.4 Å². The van der Waals surface area contributed by atoms with Crippen LogP contribution >= 0.6 is 0 Å². The van der Waals surface area contributed by atoms with Crippen LogP contribution in [0.4, 0.5) is 0 Å². The van der Waals surface area contributed by atoms with E-state index in [1.54, 1.807) is 25.3 Å². The summed E-state index contributed by atoms with van der Waals surface area (Å²) in [6.45, 7) is 2.25. The molecule has 0 aromatic heterocycles. The maximum absolute atomic E-state index is 12.1. The van der Waals surface area contributed by atoms with Crippen molar-refractivity contribution in [1.82, 2.24) is 5.32 Å². The van der Waals surface area contributed by atoms with E-state index in [1.165, 1.54) is 39.0 Å². The van der Waals surface area contributed by atoms with Crippen molar-refractivity contribution in [1.29, 1.82) is 0 Å². The van der Waals surface area contributed by atoms with E-state index in [0.29, 0.717) is 11.3 Å². The number of hydrogen-bond acceptors (Lipinski definition) is 3. The van der Waals surface area contributed by atoms with Gasteiger partial charge in [0.15, 0.2) is 5.78 Å². The lowest BCUT2D eigenvalue weighted by Gasteiger charge is -2.11. The molecule has 1 saturated carbocycles. The van der Waals surface area contributed by atoms with Crippen molar-refractivity contribution in [3.63, 3.8) is 0 Å². The number of benzene rings is 1. The molecule has 0 atom stereocenters. The fourth-order valence-electron chi connectivity index (χ4n) is 3.29. The molecule has 0 unspecified atom stereocenters. The normalized spacial score (nSPS) is 14.7. The number of carbonyl (C=O) groups is 2. The van der Waals surface area contributed by atoms with Gasteiger partial charge in [0.25, 0.3) is 0 Å². The number of rotatable bonds is 8. The summed E-state index contributed by atoms with van der Waals surface area (Å²) in [5, 5.41) is 2.98. The van der Waals surface area contributed by atoms with Crippen LogP contribution in [0.2, 0.25) is 0 Å². The fraction of sp³-hybridized carbons (Fsp3) is 0.579. The summed E-state index contributed by atoms with van der Waals surface area (Å²) in [4.78, 5) is 23.6. The molecule has 1 aliphatic rings. The van der Waals surface area contributed by atoms with Gasteiger partial charge in [-0.3, -0.25) is 9.59 Å². The summed E-state index contributed by atoms with van der Waals surface area (Å²) in [7, 11) is 1.58. The molecule has 23 heavy (non-hydrogen) atoms. The van der Waals surface area contributed by atoms with E-state index < -0.39 is 0 Å². The highest BCUT2D eigenvalue weighted by atomic mass is 16.5. The Morgan fingerprint density at radius 2 is 2.00 bits per heavy atom. The van der Waals surface area contributed by atoms with Gasteiger partial charge in [-0.1, -0.05) is 25.7 Å². The average molecular weight is 317 g/mol. The molecule has 126 valence electrons. The highest BCUT2D eigenvalue weighted by molar-refractivity contribution is 5.94. The van der Waals surface area contributed by atoms with Gasteiger partial charge in [-0.25, -0.2) is 0 Å². The van der Waals surface area contributed by atoms with Gasteiger partial charge in [0, 0.05) is 17.7 Å². The SMILES string of the molecule is COc1ccc(C(C)=O)cc1CC(=O)NCCCC1CCCC1. The number of nitrogens with one attached hydrogen (secondary N) is 1. The zero-order valence-corrected chi connectivity index (χ0v) is 14.2. The second kappa shape index (κ2) is 8.70. The molecular formula is C19H27NO3. The predicted octanol–water partition coefficient (Wildman–Crippen LogP) is 3.53. The molecule has 1 fully saturated rings. The highest BCUT2D eigenvalue weighted by Gasteiger charge is 2.15. The topological polar surface area (TPSA) is 55.4 Å². The summed E-state index contributed by atoms with van der Waals surface area (Å²) in [5.41, 5.74) is 1.36. The summed E-state index contributed by atoms with van der Waals surface area (Å²) in [6.07, 6.45) is 7.93. The second-order valence-corrected chi connectivity index (χ2v) is 6.40. The number of Topliss-reactive ketones (excluding diaryl/α,β-unsaturated/α-hetero) is 1. The van der Waals surface area contributed by atoms with Gasteiger partial charge < -0.3 is 10.1 Å². The molecular weight excluding hydrogens is 290 g/mol. The Hall–Kier alpha value is -1.84. The summed E-state index contributed by atoms with van der Waals surface area (Å²) in [6, 6.07) is 5.23. The van der Waals surface area contributed by atoms with Crippen LogP contribution in [0.15, 0.2) is 18.2 Å². The largest absolute Gasteiger partial charge is 0.496 e. The lowest BCUT2D eigenvalue weighted by molar-refractivity contribution is -0.120. The van der Waals surface area contributed by atoms with Crippen LogP contribution in [-0.2, 0) is 11.2 Å². The molecule has 4 heteroatoms. The molecule has 1 amide bonds. The first-order valence-electron chi connectivity index (χ1n) is 8.54. The van der Waals surface area contributed by atoms with Gasteiger partial charge >= 0.3 is 0 Å². The maximum atomic E-state index is 12.1. The van der Waals surface area contributed by atoms with E-state index in [2.05, 4.69) is 5.32 Å². The lowest BCUT2D eigenvalue weighted by Crippen LogP contribution is -2.26. The van der Waals surface area contributed by atoms with Crippen LogP contribution in [0, 0.1) is 5.92 Å². The number of methoxy groups -OCH3 is 1. The summed E-state index contributed by atoms with van der Waals surface area (Å²) >= 11 is 0. The molecule has 1 aromatic carbocycles. The number of amides is 1. The van der Waals surface area contributed by atoms with Crippen molar-refractivity contribution >= 4 is 11.7 Å². The quantitative estimate of drug-likeness (QED) is 0.589. The Balaban J connectivity index is 1.81. The summed E-state index contributed by atoms with van der Waals surface area (Å²) < 4.78 is 5.28. The van der Waals surface area contributed by atoms with Gasteiger partial charge in [0.2, 0.25) is 5.91 Å². The predicted molar refractivity (Wildman–Crippen MR) is 90.9 cm³/mol. The van der Waals surface area contributed by atoms with E-state index in [-0.39, 0.29) is 18.1 Å². The Labute approximate surface area is 138 Å². The minimum atomic E-state index is -0.0181. The fourth-order valence-corrected chi connectivity index (χ4v) is 3.29. The van der Waals surface area contributed by atoms with Crippen LogP contribution in [-0.4, -0.2) is 25.3 Å². The molecule has 1 aliphatic carbocycles. The first-order valence-corrected chi connectivity index (χ1v) is 8.54. The third-order valence-electron chi connectivity index (χ3n) is 4.62. The first kappa shape index (κ1) is 17.5. The van der Waals surface area contributed by atoms with E-state index in [1.807, 2.05) is 0 Å². The van der Waals surface area contributed by atoms with Crippen LogP contribution in [0.1, 0.15) is 61.4 Å². The van der Waals surface area contributed by atoms with Gasteiger partial charge in [-0.2, -0.15) is 0 Å². The molecule has 2 rings (SSSR count). The number of ketones is 1. The molecule has 0 aliphatic heterocycles. The van der Waals surface area contributed by atoms with E-state index >= 15 is 0 Å². The van der Waals surface area contributed by atoms with Crippen molar-refractivity contribution in [2.75, 3.05) is 13.7 Å². The van der Waals surface area contributed by atoms with Gasteiger partial charge in [0.05, 0.1) is 13.5 Å². The van der Waals surface area contributed by atoms with Crippen LogP contribution in [0.25, 0.3) is 0 Å². The zero-order chi connectivity index (χ0) is 16.7. The van der Waals surface area contributed by atoms with E-state index in [9.17, 15) is 9.59 Å². The molecule has 0 heterocycles. The van der Waals surface area contributed by atoms with Gasteiger partial charge in [0.1, 0.15) is 5.75 Å². The van der Waals surface area contributed by atoms with Crippen LogP contribution in [0.3, 0.4) is 0 Å². The number of ether oxygens (including phenoxy) is 1. The van der Waals surface area contributed by atoms with Crippen molar-refractivity contribution in [2.24, 2.45) is 5.92 Å². The smallest absolute Gasteiger partial charge is 0.224 e. The Morgan fingerprint density at radius 1 is 1.26 bits per heavy atom. The van der Waals surface area contributed by atoms with Crippen molar-refractivity contribution in [3.8, 4) is 5.75 Å². The van der Waals surface area contributed by atoms with Crippen molar-refractivity contribution < 1.29 is 14.3 Å². The number of carbonyl (C=O) groups excluding carboxylic acids is 2. The van der Waals surface area contributed by atoms with E-state index in [4.69, 9.17) is 4.74 Å². The maximum Gasteiger partial charge on any atom is 0.224 e. The molecule has 0 spiro atoms. The minimum absolute atomic E-state index is 0.00845. The lowest BCUT2D eigenvalue weighted by atomic mass is 10.0. The Bertz CT molecular complexity index is 548. The monoisotopic (exact) mass is 317 g/mol. The van der Waals surface area contributed by atoms with Crippen molar-refractivity contribution in [3.05, 3.63) is 29.3 Å². The van der Waals surface area contributed by atoms with Gasteiger partial charge in [-0.15, -0.1) is 0 Å². The third kappa shape index (κ3) is 5.38. The molecule has 0 bridgehead atoms. The molecule has 0 saturated heterocycles. The Morgan fingerprint density at radius 3 is 2.65 bits per heavy atom. The minimum Gasteiger partial charge on any atom is -0.496 e. The summed E-state index contributed by atoms with van der Waals surface area (Å²) in [5.74, 6) is 1.48. The first-order chi connectivity index (χ1) is 11.1. The number of hydrogen-bond donors (Lipinski definition) is 1. The molecule has 0 radical (unpaired) electrons. The second-order valence-electron chi connectivity index (χ2n) is 6.40. The van der Waals surface area contributed by atoms with Crippen molar-refractivity contribution in [2.45, 2.75) is 51.9 Å². The third-order valence-corrected chi connectivity index (χ3v) is 4.62. The average Bonchev–Trinajstić information content (AvgIpc) is 3.04. The van der Waals surface area contributed by atoms with Gasteiger partial charge in [-0.05, 0) is 43.9 Å². The zero-order valence-electron chi connectivity index (χ0n) is 14.2. The van der Waals surface area contributed by atoms with Crippen LogP contribution < -0.4 is 10.1 Å². The van der Waals surface area contributed by atoms with Crippen LogP contribution in [0.5, 0.6) is 5.75 Å². The molecule has 4 nitrogen and oxygen atoms in total. The standard InChI is InChI=1S/C19H27NO3/c1-14(21)16-9-10-18(23-2)17(12-16)13-19(22)20-11-5-8-15-6-3-4-7-15/h9-10,12,15H,3-8,11,13H2,1-2H3,(H,20,22). The molecule has 1 N–H and O–H groups in total.